The van der Waals surface area contributed by atoms with Crippen molar-refractivity contribution in [3.8, 4) is 28.4 Å². The summed E-state index contributed by atoms with van der Waals surface area (Å²) >= 11 is 3.28. The molecule has 5 nitrogen and oxygen atoms in total. The highest BCUT2D eigenvalue weighted by Gasteiger charge is 2.27. The Morgan fingerprint density at radius 3 is 2.15 bits per heavy atom. The lowest BCUT2D eigenvalue weighted by atomic mass is 9.95. The minimum atomic E-state index is -0.402. The maximum absolute atomic E-state index is 14.6. The Kier molecular flexibility index (Phi) is 8.21. The van der Waals surface area contributed by atoms with Crippen LogP contribution in [0, 0.1) is 5.82 Å². The van der Waals surface area contributed by atoms with Crippen LogP contribution >= 0.6 is 15.9 Å². The molecule has 0 aromatic heterocycles. The molecule has 7 heteroatoms. The molecule has 0 saturated heterocycles. The number of hydrogen-bond donors (Lipinski definition) is 0. The molecular formula is C33H29BrFNO4. The second-order valence-electron chi connectivity index (χ2n) is 9.42. The van der Waals surface area contributed by atoms with Gasteiger partial charge in [0.05, 0.1) is 31.5 Å². The van der Waals surface area contributed by atoms with E-state index in [1.165, 1.54) is 6.07 Å². The monoisotopic (exact) mass is 601 g/mol. The van der Waals surface area contributed by atoms with Gasteiger partial charge in [0.25, 0.3) is 5.91 Å². The van der Waals surface area contributed by atoms with Crippen LogP contribution in [0.2, 0.25) is 0 Å². The zero-order valence-corrected chi connectivity index (χ0v) is 24.1. The number of carbonyl (C=O) groups is 1. The molecule has 0 spiro atoms. The molecule has 1 amide bonds. The van der Waals surface area contributed by atoms with Crippen LogP contribution in [0.1, 0.15) is 23.1 Å². The van der Waals surface area contributed by atoms with Gasteiger partial charge >= 0.3 is 0 Å². The molecule has 0 bridgehead atoms. The van der Waals surface area contributed by atoms with E-state index in [-0.39, 0.29) is 5.91 Å². The second-order valence-corrected chi connectivity index (χ2v) is 10.3. The van der Waals surface area contributed by atoms with Gasteiger partial charge < -0.3 is 19.1 Å². The van der Waals surface area contributed by atoms with E-state index in [0.29, 0.717) is 45.1 Å². The Labute approximate surface area is 241 Å². The number of amides is 1. The molecule has 1 aliphatic rings. The summed E-state index contributed by atoms with van der Waals surface area (Å²) in [6, 6.07) is 24.7. The van der Waals surface area contributed by atoms with Crippen molar-refractivity contribution in [3.63, 3.8) is 0 Å². The number of carbonyl (C=O) groups excluding carboxylic acids is 1. The topological polar surface area (TPSA) is 48.0 Å². The first-order chi connectivity index (χ1) is 19.4. The van der Waals surface area contributed by atoms with Gasteiger partial charge in [-0.15, -0.1) is 0 Å². The molecule has 0 N–H and O–H groups in total. The fourth-order valence-electron chi connectivity index (χ4n) is 5.03. The van der Waals surface area contributed by atoms with Gasteiger partial charge in [-0.1, -0.05) is 54.6 Å². The van der Waals surface area contributed by atoms with Gasteiger partial charge in [0, 0.05) is 12.1 Å². The van der Waals surface area contributed by atoms with E-state index in [4.69, 9.17) is 14.2 Å². The number of aryl methyl sites for hydroxylation is 1. The highest BCUT2D eigenvalue weighted by atomic mass is 79.9. The zero-order valence-electron chi connectivity index (χ0n) is 22.5. The molecule has 0 radical (unpaired) electrons. The van der Waals surface area contributed by atoms with Crippen LogP contribution < -0.4 is 19.1 Å². The molecule has 0 unspecified atom stereocenters. The molecule has 1 aliphatic heterocycles. The third-order valence-corrected chi connectivity index (χ3v) is 7.62. The summed E-state index contributed by atoms with van der Waals surface area (Å²) in [5.41, 5.74) is 5.55. The standard InChI is InChI=1S/C33H29BrFNO4/c1-38-30-17-21(18-31(39-2)32(30)40-3)16-26(24-13-11-23(12-14-24)22-8-5-4-6-9-22)33(37)36-15-7-10-25-19-27(34)28(35)20-29(25)36/h4-6,8-9,11-14,16-20H,7,10,15H2,1-3H3/b26-16+. The van der Waals surface area contributed by atoms with Gasteiger partial charge in [-0.2, -0.15) is 0 Å². The van der Waals surface area contributed by atoms with E-state index in [1.807, 2.05) is 60.7 Å². The predicted molar refractivity (Wildman–Crippen MR) is 161 cm³/mol. The van der Waals surface area contributed by atoms with E-state index in [2.05, 4.69) is 15.9 Å². The maximum atomic E-state index is 14.6. The molecule has 204 valence electrons. The van der Waals surface area contributed by atoms with Crippen LogP contribution in [-0.4, -0.2) is 33.8 Å². The van der Waals surface area contributed by atoms with Gasteiger partial charge in [-0.05, 0) is 86.9 Å². The molecule has 5 rings (SSSR count). The van der Waals surface area contributed by atoms with E-state index in [1.54, 1.807) is 44.4 Å². The van der Waals surface area contributed by atoms with Crippen molar-refractivity contribution in [2.75, 3.05) is 32.8 Å². The number of nitrogens with zero attached hydrogens (tertiary/aromatic N) is 1. The number of rotatable bonds is 7. The lowest BCUT2D eigenvalue weighted by Gasteiger charge is -2.31. The van der Waals surface area contributed by atoms with E-state index < -0.39 is 5.82 Å². The highest BCUT2D eigenvalue weighted by molar-refractivity contribution is 9.10. The highest BCUT2D eigenvalue weighted by Crippen LogP contribution is 2.40. The fourth-order valence-corrected chi connectivity index (χ4v) is 5.42. The normalized spacial score (nSPS) is 13.0. The molecule has 4 aromatic carbocycles. The minimum absolute atomic E-state index is 0.219. The van der Waals surface area contributed by atoms with Crippen LogP contribution in [-0.2, 0) is 11.2 Å². The Bertz CT molecular complexity index is 1540. The summed E-state index contributed by atoms with van der Waals surface area (Å²) in [6.07, 6.45) is 3.37. The van der Waals surface area contributed by atoms with E-state index in [9.17, 15) is 9.18 Å². The molecule has 0 atom stereocenters. The van der Waals surface area contributed by atoms with Crippen molar-refractivity contribution in [2.45, 2.75) is 12.8 Å². The molecule has 0 saturated carbocycles. The van der Waals surface area contributed by atoms with Gasteiger partial charge in [-0.3, -0.25) is 4.79 Å². The molecule has 0 fully saturated rings. The first-order valence-corrected chi connectivity index (χ1v) is 13.7. The van der Waals surface area contributed by atoms with Crippen LogP contribution in [0.3, 0.4) is 0 Å². The molecule has 4 aromatic rings. The van der Waals surface area contributed by atoms with Crippen LogP contribution in [0.25, 0.3) is 22.8 Å². The number of benzene rings is 4. The first-order valence-electron chi connectivity index (χ1n) is 12.9. The smallest absolute Gasteiger partial charge is 0.258 e. The summed E-state index contributed by atoms with van der Waals surface area (Å²) < 4.78 is 31.6. The van der Waals surface area contributed by atoms with Crippen LogP contribution in [0.15, 0.2) is 83.3 Å². The first kappa shape index (κ1) is 27.5. The number of ether oxygens (including phenoxy) is 3. The molecule has 40 heavy (non-hydrogen) atoms. The number of halogens is 2. The largest absolute Gasteiger partial charge is 0.493 e. The number of fused-ring (bicyclic) bond motifs is 1. The van der Waals surface area contributed by atoms with Crippen molar-refractivity contribution in [1.82, 2.24) is 0 Å². The summed E-state index contributed by atoms with van der Waals surface area (Å²) in [5, 5.41) is 0. The SMILES string of the molecule is COc1cc(/C=C(/C(=O)N2CCCc3cc(Br)c(F)cc32)c2ccc(-c3ccccc3)cc2)cc(OC)c1OC. The lowest BCUT2D eigenvalue weighted by molar-refractivity contribution is -0.113. The summed E-state index contributed by atoms with van der Waals surface area (Å²) in [7, 11) is 4.65. The van der Waals surface area contributed by atoms with Crippen molar-refractivity contribution in [1.29, 1.82) is 0 Å². The Morgan fingerprint density at radius 1 is 0.875 bits per heavy atom. The average molecular weight is 602 g/mol. The second kappa shape index (κ2) is 12.0. The number of hydrogen-bond acceptors (Lipinski definition) is 4. The van der Waals surface area contributed by atoms with Crippen LogP contribution in [0.4, 0.5) is 10.1 Å². The van der Waals surface area contributed by atoms with Crippen molar-refractivity contribution in [3.05, 3.63) is 106 Å². The third-order valence-electron chi connectivity index (χ3n) is 7.02. The van der Waals surface area contributed by atoms with Gasteiger partial charge in [0.2, 0.25) is 5.75 Å². The Morgan fingerprint density at radius 2 is 1.52 bits per heavy atom. The number of methoxy groups -OCH3 is 3. The van der Waals surface area contributed by atoms with Crippen molar-refractivity contribution >= 4 is 39.2 Å². The van der Waals surface area contributed by atoms with Crippen molar-refractivity contribution in [2.24, 2.45) is 0 Å². The Hall–Kier alpha value is -4.10. The fraction of sp³-hybridized carbons (Fsp3) is 0.182. The van der Waals surface area contributed by atoms with E-state index in [0.717, 1.165) is 35.1 Å². The van der Waals surface area contributed by atoms with E-state index >= 15 is 0 Å². The van der Waals surface area contributed by atoms with Crippen LogP contribution in [0.5, 0.6) is 17.2 Å². The third kappa shape index (κ3) is 5.47. The zero-order chi connectivity index (χ0) is 28.2. The summed E-state index contributed by atoms with van der Waals surface area (Å²) in [6.45, 7) is 0.488. The van der Waals surface area contributed by atoms with Crippen molar-refractivity contribution < 1.29 is 23.4 Å². The Balaban J connectivity index is 1.63. The van der Waals surface area contributed by atoms with Gasteiger partial charge in [-0.25, -0.2) is 4.39 Å². The molecule has 1 heterocycles. The maximum Gasteiger partial charge on any atom is 0.258 e. The molecular weight excluding hydrogens is 573 g/mol. The minimum Gasteiger partial charge on any atom is -0.493 e. The quantitative estimate of drug-likeness (QED) is 0.160. The summed E-state index contributed by atoms with van der Waals surface area (Å²) in [5.74, 6) is 0.807. The molecule has 0 aliphatic carbocycles. The van der Waals surface area contributed by atoms with Gasteiger partial charge in [0.1, 0.15) is 5.82 Å². The predicted octanol–water partition coefficient (Wildman–Crippen LogP) is 7.80. The average Bonchev–Trinajstić information content (AvgIpc) is 2.99. The summed E-state index contributed by atoms with van der Waals surface area (Å²) in [4.78, 5) is 16.0. The number of anilines is 1. The van der Waals surface area contributed by atoms with Gasteiger partial charge in [0.15, 0.2) is 11.5 Å². The lowest BCUT2D eigenvalue weighted by Crippen LogP contribution is -2.36.